The molecule has 1 aliphatic carbocycles. The number of carbonyl (C=O) groups is 2. The second-order valence-electron chi connectivity index (χ2n) is 4.53. The van der Waals surface area contributed by atoms with E-state index in [1.54, 1.807) is 24.3 Å². The Hall–Kier alpha value is -2.77. The Kier molecular flexibility index (Phi) is 3.12. The van der Waals surface area contributed by atoms with Crippen molar-refractivity contribution in [2.75, 3.05) is 10.6 Å². The fourth-order valence-electron chi connectivity index (χ4n) is 1.68. The molecular weight excluding hydrogens is 260 g/mol. The van der Waals surface area contributed by atoms with Crippen molar-refractivity contribution < 1.29 is 9.59 Å². The van der Waals surface area contributed by atoms with Crippen LogP contribution in [0.1, 0.15) is 23.2 Å². The molecule has 1 aromatic carbocycles. The molecule has 1 fully saturated rings. The highest BCUT2D eigenvalue weighted by Crippen LogP contribution is 2.30. The van der Waals surface area contributed by atoms with E-state index in [2.05, 4.69) is 31.3 Å². The first-order valence-corrected chi connectivity index (χ1v) is 6.18. The number of tetrazole rings is 1. The normalized spacial score (nSPS) is 13.8. The maximum atomic E-state index is 11.8. The van der Waals surface area contributed by atoms with E-state index in [1.165, 1.54) is 0 Å². The smallest absolute Gasteiger partial charge is 0.270 e. The first-order valence-electron chi connectivity index (χ1n) is 6.18. The quantitative estimate of drug-likeness (QED) is 0.762. The molecular formula is C12H12N6O2. The molecule has 8 heteroatoms. The number of hydrogen-bond acceptors (Lipinski definition) is 5. The van der Waals surface area contributed by atoms with Gasteiger partial charge in [-0.1, -0.05) is 5.10 Å². The number of aromatic nitrogens is 4. The molecule has 0 unspecified atom stereocenters. The zero-order valence-electron chi connectivity index (χ0n) is 10.5. The average Bonchev–Trinajstić information content (AvgIpc) is 3.19. The van der Waals surface area contributed by atoms with Gasteiger partial charge in [0.15, 0.2) is 0 Å². The highest BCUT2D eigenvalue weighted by molar-refractivity contribution is 6.03. The van der Waals surface area contributed by atoms with E-state index in [4.69, 9.17) is 0 Å². The molecule has 0 bridgehead atoms. The van der Waals surface area contributed by atoms with Crippen LogP contribution in [0.25, 0.3) is 0 Å². The molecule has 0 radical (unpaired) electrons. The lowest BCUT2D eigenvalue weighted by molar-refractivity contribution is -0.117. The van der Waals surface area contributed by atoms with E-state index in [9.17, 15) is 9.59 Å². The monoisotopic (exact) mass is 272 g/mol. The van der Waals surface area contributed by atoms with E-state index >= 15 is 0 Å². The predicted octanol–water partition coefficient (Wildman–Crippen LogP) is 0.800. The molecule has 0 atom stereocenters. The minimum Gasteiger partial charge on any atom is -0.326 e. The summed E-state index contributed by atoms with van der Waals surface area (Å²) in [6.07, 6.45) is 1.91. The SMILES string of the molecule is O=C(Nc1nn[nH]n1)c1ccc(NC(=O)C2CC2)cc1. The third-order valence-corrected chi connectivity index (χ3v) is 2.93. The van der Waals surface area contributed by atoms with E-state index < -0.39 is 0 Å². The van der Waals surface area contributed by atoms with Crippen LogP contribution in [-0.4, -0.2) is 32.4 Å². The van der Waals surface area contributed by atoms with Crippen molar-refractivity contribution in [1.29, 1.82) is 0 Å². The van der Waals surface area contributed by atoms with Gasteiger partial charge in [-0.25, -0.2) is 0 Å². The lowest BCUT2D eigenvalue weighted by Crippen LogP contribution is -2.15. The summed E-state index contributed by atoms with van der Waals surface area (Å²) in [5.41, 5.74) is 1.12. The number of carbonyl (C=O) groups excluding carboxylic acids is 2. The number of anilines is 2. The van der Waals surface area contributed by atoms with Gasteiger partial charge in [-0.3, -0.25) is 14.9 Å². The fraction of sp³-hybridized carbons (Fsp3) is 0.250. The first kappa shape index (κ1) is 12.3. The summed E-state index contributed by atoms with van der Waals surface area (Å²) < 4.78 is 0. The van der Waals surface area contributed by atoms with Crippen molar-refractivity contribution in [2.24, 2.45) is 5.92 Å². The lowest BCUT2D eigenvalue weighted by atomic mass is 10.2. The molecule has 0 spiro atoms. The minimum absolute atomic E-state index is 0.0361. The van der Waals surface area contributed by atoms with Gasteiger partial charge >= 0.3 is 0 Å². The summed E-state index contributed by atoms with van der Waals surface area (Å²) in [5.74, 6) is -0.0437. The zero-order chi connectivity index (χ0) is 13.9. The van der Waals surface area contributed by atoms with E-state index in [0.29, 0.717) is 11.3 Å². The maximum absolute atomic E-state index is 11.8. The van der Waals surface area contributed by atoms with Crippen LogP contribution < -0.4 is 10.6 Å². The lowest BCUT2D eigenvalue weighted by Gasteiger charge is -2.05. The Morgan fingerprint density at radius 1 is 1.15 bits per heavy atom. The minimum atomic E-state index is -0.341. The molecule has 0 aliphatic heterocycles. The Morgan fingerprint density at radius 2 is 1.90 bits per heavy atom. The van der Waals surface area contributed by atoms with Gasteiger partial charge < -0.3 is 5.32 Å². The number of aromatic amines is 1. The van der Waals surface area contributed by atoms with Crippen molar-refractivity contribution in [3.8, 4) is 0 Å². The van der Waals surface area contributed by atoms with Crippen molar-refractivity contribution in [3.05, 3.63) is 29.8 Å². The van der Waals surface area contributed by atoms with E-state index in [0.717, 1.165) is 12.8 Å². The van der Waals surface area contributed by atoms with Crippen molar-refractivity contribution >= 4 is 23.5 Å². The standard InChI is InChI=1S/C12H12N6O2/c19-10(7-1-2-7)13-9-5-3-8(4-6-9)11(20)14-12-15-17-18-16-12/h3-7H,1-2H2,(H,13,19)(H2,14,15,16,17,18,20). The van der Waals surface area contributed by atoms with Crippen LogP contribution in [0, 0.1) is 5.92 Å². The number of hydrogen-bond donors (Lipinski definition) is 3. The first-order chi connectivity index (χ1) is 9.72. The molecule has 1 heterocycles. The van der Waals surface area contributed by atoms with E-state index in [-0.39, 0.29) is 23.7 Å². The molecule has 0 saturated heterocycles. The summed E-state index contributed by atoms with van der Waals surface area (Å²) in [6.45, 7) is 0. The molecule has 3 rings (SSSR count). The van der Waals surface area contributed by atoms with Gasteiger partial charge in [0.1, 0.15) is 0 Å². The molecule has 2 amide bonds. The van der Waals surface area contributed by atoms with Gasteiger partial charge in [-0.15, -0.1) is 5.10 Å². The summed E-state index contributed by atoms with van der Waals surface area (Å²) >= 11 is 0. The van der Waals surface area contributed by atoms with Crippen LogP contribution in [0.2, 0.25) is 0 Å². The third kappa shape index (κ3) is 2.79. The number of amides is 2. The molecule has 3 N–H and O–H groups in total. The van der Waals surface area contributed by atoms with Crippen molar-refractivity contribution in [3.63, 3.8) is 0 Å². The topological polar surface area (TPSA) is 113 Å². The highest BCUT2D eigenvalue weighted by atomic mass is 16.2. The molecule has 2 aromatic rings. The highest BCUT2D eigenvalue weighted by Gasteiger charge is 2.29. The number of H-pyrrole nitrogens is 1. The summed E-state index contributed by atoms with van der Waals surface area (Å²) in [7, 11) is 0. The van der Waals surface area contributed by atoms with Gasteiger partial charge in [-0.05, 0) is 42.3 Å². The molecule has 1 saturated carbocycles. The van der Waals surface area contributed by atoms with Gasteiger partial charge in [0.05, 0.1) is 0 Å². The Morgan fingerprint density at radius 3 is 2.50 bits per heavy atom. The number of benzene rings is 1. The van der Waals surface area contributed by atoms with Crippen LogP contribution in [-0.2, 0) is 4.79 Å². The molecule has 1 aliphatic rings. The Labute approximate surface area is 114 Å². The number of nitrogens with one attached hydrogen (secondary N) is 3. The maximum Gasteiger partial charge on any atom is 0.270 e. The Bertz CT molecular complexity index is 618. The van der Waals surface area contributed by atoms with Crippen LogP contribution in [0.4, 0.5) is 11.6 Å². The number of rotatable bonds is 4. The van der Waals surface area contributed by atoms with Gasteiger partial charge in [0.2, 0.25) is 5.91 Å². The molecule has 20 heavy (non-hydrogen) atoms. The van der Waals surface area contributed by atoms with Gasteiger partial charge in [-0.2, -0.15) is 5.21 Å². The average molecular weight is 272 g/mol. The molecule has 102 valence electrons. The summed E-state index contributed by atoms with van der Waals surface area (Å²) in [5, 5.41) is 18.1. The summed E-state index contributed by atoms with van der Waals surface area (Å²) in [4.78, 5) is 23.4. The Balaban J connectivity index is 1.63. The third-order valence-electron chi connectivity index (χ3n) is 2.93. The van der Waals surface area contributed by atoms with Crippen LogP contribution in [0.5, 0.6) is 0 Å². The van der Waals surface area contributed by atoms with Gasteiger partial charge in [0.25, 0.3) is 11.9 Å². The summed E-state index contributed by atoms with van der Waals surface area (Å²) in [6, 6.07) is 6.62. The largest absolute Gasteiger partial charge is 0.326 e. The fourth-order valence-corrected chi connectivity index (χ4v) is 1.68. The number of nitrogens with zero attached hydrogens (tertiary/aromatic N) is 3. The molecule has 1 aromatic heterocycles. The zero-order valence-corrected chi connectivity index (χ0v) is 10.5. The second-order valence-corrected chi connectivity index (χ2v) is 4.53. The van der Waals surface area contributed by atoms with Crippen LogP contribution >= 0.6 is 0 Å². The second kappa shape index (κ2) is 5.08. The van der Waals surface area contributed by atoms with Crippen molar-refractivity contribution in [2.45, 2.75) is 12.8 Å². The van der Waals surface area contributed by atoms with E-state index in [1.807, 2.05) is 0 Å². The molecule has 8 nitrogen and oxygen atoms in total. The van der Waals surface area contributed by atoms with Crippen molar-refractivity contribution in [1.82, 2.24) is 20.6 Å². The van der Waals surface area contributed by atoms with Crippen LogP contribution in [0.3, 0.4) is 0 Å². The van der Waals surface area contributed by atoms with Crippen LogP contribution in [0.15, 0.2) is 24.3 Å². The predicted molar refractivity (Wildman–Crippen MR) is 69.9 cm³/mol. The van der Waals surface area contributed by atoms with Gasteiger partial charge in [0, 0.05) is 17.2 Å².